The first kappa shape index (κ1) is 8.88. The molecule has 2 rings (SSSR count). The lowest BCUT2D eigenvalue weighted by atomic mass is 10.0. The Hall–Kier alpha value is -1.70. The molecule has 0 spiro atoms. The van der Waals surface area contributed by atoms with E-state index in [2.05, 4.69) is 4.98 Å². The third-order valence-corrected chi connectivity index (χ3v) is 2.37. The number of rotatable bonds is 1. The Morgan fingerprint density at radius 3 is 2.79 bits per heavy atom. The van der Waals surface area contributed by atoms with Crippen molar-refractivity contribution in [2.75, 3.05) is 0 Å². The van der Waals surface area contributed by atoms with Crippen LogP contribution in [0.3, 0.4) is 0 Å². The monoisotopic (exact) mass is 185 g/mol. The van der Waals surface area contributed by atoms with E-state index in [1.165, 1.54) is 0 Å². The molecule has 0 amide bonds. The van der Waals surface area contributed by atoms with Gasteiger partial charge in [0.2, 0.25) is 0 Å². The summed E-state index contributed by atoms with van der Waals surface area (Å²) in [6.45, 7) is 3.59. The van der Waals surface area contributed by atoms with E-state index in [4.69, 9.17) is 0 Å². The maximum Gasteiger partial charge on any atom is 0.161 e. The summed E-state index contributed by atoms with van der Waals surface area (Å²) >= 11 is 0. The van der Waals surface area contributed by atoms with Crippen LogP contribution in [-0.4, -0.2) is 10.8 Å². The molecule has 0 aliphatic heterocycles. The molecule has 0 N–H and O–H groups in total. The van der Waals surface area contributed by atoms with Gasteiger partial charge >= 0.3 is 0 Å². The average Bonchev–Trinajstić information content (AvgIpc) is 2.18. The molecule has 1 aromatic heterocycles. The highest BCUT2D eigenvalue weighted by Crippen LogP contribution is 2.20. The molecule has 2 heteroatoms. The number of carbonyl (C=O) groups is 1. The van der Waals surface area contributed by atoms with Gasteiger partial charge in [0.25, 0.3) is 0 Å². The standard InChI is InChI=1S/C12H11NO/c1-8-5-6-11(9(2)14)12-10(8)4-3-7-13-12/h3-7H,1-2H3. The molecule has 0 saturated carbocycles. The van der Waals surface area contributed by atoms with E-state index >= 15 is 0 Å². The molecule has 2 aromatic rings. The molecule has 0 radical (unpaired) electrons. The zero-order valence-corrected chi connectivity index (χ0v) is 8.24. The molecule has 0 bridgehead atoms. The Balaban J connectivity index is 2.88. The number of Topliss-reactive ketones (excluding diaryl/α,β-unsaturated/α-hetero) is 1. The number of ketones is 1. The lowest BCUT2D eigenvalue weighted by Gasteiger charge is -2.04. The van der Waals surface area contributed by atoms with Crippen LogP contribution in [0.4, 0.5) is 0 Å². The topological polar surface area (TPSA) is 30.0 Å². The van der Waals surface area contributed by atoms with Crippen molar-refractivity contribution in [1.82, 2.24) is 4.98 Å². The zero-order valence-electron chi connectivity index (χ0n) is 8.24. The molecule has 70 valence electrons. The molecule has 0 fully saturated rings. The van der Waals surface area contributed by atoms with Crippen molar-refractivity contribution in [1.29, 1.82) is 0 Å². The van der Waals surface area contributed by atoms with Crippen LogP contribution >= 0.6 is 0 Å². The highest BCUT2D eigenvalue weighted by Gasteiger charge is 2.07. The molecule has 0 aliphatic rings. The first-order chi connectivity index (χ1) is 6.70. The predicted octanol–water partition coefficient (Wildman–Crippen LogP) is 2.75. The van der Waals surface area contributed by atoms with E-state index in [1.807, 2.05) is 31.2 Å². The second-order valence-corrected chi connectivity index (χ2v) is 3.39. The van der Waals surface area contributed by atoms with E-state index in [1.54, 1.807) is 13.1 Å². The molecule has 14 heavy (non-hydrogen) atoms. The second kappa shape index (κ2) is 3.22. The van der Waals surface area contributed by atoms with Gasteiger partial charge in [0, 0.05) is 17.1 Å². The maximum atomic E-state index is 11.3. The van der Waals surface area contributed by atoms with Gasteiger partial charge in [-0.1, -0.05) is 12.1 Å². The number of hydrogen-bond acceptors (Lipinski definition) is 2. The molecule has 1 heterocycles. The summed E-state index contributed by atoms with van der Waals surface area (Å²) in [4.78, 5) is 15.6. The smallest absolute Gasteiger partial charge is 0.161 e. The Bertz CT molecular complexity index is 503. The molecule has 2 nitrogen and oxygen atoms in total. The van der Waals surface area contributed by atoms with Gasteiger partial charge in [0.05, 0.1) is 5.52 Å². The van der Waals surface area contributed by atoms with Crippen LogP contribution in [0.1, 0.15) is 22.8 Å². The molecular weight excluding hydrogens is 174 g/mol. The molecule has 0 unspecified atom stereocenters. The number of pyridine rings is 1. The third kappa shape index (κ3) is 1.29. The summed E-state index contributed by atoms with van der Waals surface area (Å²) in [7, 11) is 0. The number of aromatic nitrogens is 1. The highest BCUT2D eigenvalue weighted by atomic mass is 16.1. The van der Waals surface area contributed by atoms with Crippen LogP contribution in [-0.2, 0) is 0 Å². The number of fused-ring (bicyclic) bond motifs is 1. The first-order valence-corrected chi connectivity index (χ1v) is 4.55. The van der Waals surface area contributed by atoms with Crippen molar-refractivity contribution in [3.63, 3.8) is 0 Å². The van der Waals surface area contributed by atoms with Crippen molar-refractivity contribution >= 4 is 16.7 Å². The van der Waals surface area contributed by atoms with Crippen molar-refractivity contribution in [3.8, 4) is 0 Å². The largest absolute Gasteiger partial charge is 0.294 e. The van der Waals surface area contributed by atoms with Crippen molar-refractivity contribution in [2.24, 2.45) is 0 Å². The Labute approximate surface area is 82.6 Å². The molecule has 1 aromatic carbocycles. The van der Waals surface area contributed by atoms with Crippen LogP contribution in [0.15, 0.2) is 30.5 Å². The number of nitrogens with zero attached hydrogens (tertiary/aromatic N) is 1. The van der Waals surface area contributed by atoms with Gasteiger partial charge < -0.3 is 0 Å². The fraction of sp³-hybridized carbons (Fsp3) is 0.167. The van der Waals surface area contributed by atoms with Crippen LogP contribution in [0, 0.1) is 6.92 Å². The summed E-state index contributed by atoms with van der Waals surface area (Å²) in [6, 6.07) is 7.68. The quantitative estimate of drug-likeness (QED) is 0.639. The minimum absolute atomic E-state index is 0.0636. The lowest BCUT2D eigenvalue weighted by Crippen LogP contribution is -1.96. The van der Waals surface area contributed by atoms with Gasteiger partial charge in [0.1, 0.15) is 0 Å². The van der Waals surface area contributed by atoms with Gasteiger partial charge in [-0.15, -0.1) is 0 Å². The van der Waals surface area contributed by atoms with Gasteiger partial charge in [-0.3, -0.25) is 9.78 Å². The number of carbonyl (C=O) groups excluding carboxylic acids is 1. The van der Waals surface area contributed by atoms with Crippen molar-refractivity contribution in [2.45, 2.75) is 13.8 Å². The number of hydrogen-bond donors (Lipinski definition) is 0. The normalized spacial score (nSPS) is 10.4. The second-order valence-electron chi connectivity index (χ2n) is 3.39. The molecule has 0 aliphatic carbocycles. The van der Waals surface area contributed by atoms with Crippen LogP contribution in [0.25, 0.3) is 10.9 Å². The highest BCUT2D eigenvalue weighted by molar-refractivity contribution is 6.06. The summed E-state index contributed by atoms with van der Waals surface area (Å²) in [6.07, 6.45) is 1.72. The fourth-order valence-corrected chi connectivity index (χ4v) is 1.60. The molecule has 0 saturated heterocycles. The summed E-state index contributed by atoms with van der Waals surface area (Å²) < 4.78 is 0. The predicted molar refractivity (Wildman–Crippen MR) is 56.5 cm³/mol. The van der Waals surface area contributed by atoms with Crippen molar-refractivity contribution in [3.05, 3.63) is 41.6 Å². The minimum atomic E-state index is 0.0636. The molecule has 0 atom stereocenters. The van der Waals surface area contributed by atoms with Crippen LogP contribution in [0.5, 0.6) is 0 Å². The number of aryl methyl sites for hydroxylation is 1. The van der Waals surface area contributed by atoms with Gasteiger partial charge in [-0.05, 0) is 31.5 Å². The van der Waals surface area contributed by atoms with E-state index in [9.17, 15) is 4.79 Å². The molecular formula is C12H11NO. The Kier molecular flexibility index (Phi) is 2.04. The minimum Gasteiger partial charge on any atom is -0.294 e. The average molecular weight is 185 g/mol. The zero-order chi connectivity index (χ0) is 10.1. The first-order valence-electron chi connectivity index (χ1n) is 4.55. The Morgan fingerprint density at radius 2 is 2.07 bits per heavy atom. The van der Waals surface area contributed by atoms with E-state index in [0.717, 1.165) is 16.5 Å². The van der Waals surface area contributed by atoms with Crippen LogP contribution < -0.4 is 0 Å². The SMILES string of the molecule is CC(=O)c1ccc(C)c2cccnc12. The van der Waals surface area contributed by atoms with E-state index < -0.39 is 0 Å². The van der Waals surface area contributed by atoms with E-state index in [-0.39, 0.29) is 5.78 Å². The van der Waals surface area contributed by atoms with Crippen molar-refractivity contribution < 1.29 is 4.79 Å². The lowest BCUT2D eigenvalue weighted by molar-refractivity contribution is 0.101. The summed E-state index contributed by atoms with van der Waals surface area (Å²) in [5.74, 6) is 0.0636. The van der Waals surface area contributed by atoms with Gasteiger partial charge in [-0.25, -0.2) is 0 Å². The van der Waals surface area contributed by atoms with Gasteiger partial charge in [0.15, 0.2) is 5.78 Å². The maximum absolute atomic E-state index is 11.3. The summed E-state index contributed by atoms with van der Waals surface area (Å²) in [5.41, 5.74) is 2.66. The van der Waals surface area contributed by atoms with E-state index in [0.29, 0.717) is 5.56 Å². The van der Waals surface area contributed by atoms with Gasteiger partial charge in [-0.2, -0.15) is 0 Å². The van der Waals surface area contributed by atoms with Crippen LogP contribution in [0.2, 0.25) is 0 Å². The summed E-state index contributed by atoms with van der Waals surface area (Å²) in [5, 5.41) is 1.06. The Morgan fingerprint density at radius 1 is 1.29 bits per heavy atom. The fourth-order valence-electron chi connectivity index (χ4n) is 1.60. The third-order valence-electron chi connectivity index (χ3n) is 2.37. The number of benzene rings is 1.